The number of nitrogens with one attached hydrogen (secondary N) is 1. The largest absolute Gasteiger partial charge is 0.354 e. The summed E-state index contributed by atoms with van der Waals surface area (Å²) in [4.78, 5) is 17.1. The van der Waals surface area contributed by atoms with E-state index in [1.807, 2.05) is 42.5 Å². The van der Waals surface area contributed by atoms with Crippen LogP contribution in [0.3, 0.4) is 0 Å². The van der Waals surface area contributed by atoms with E-state index in [2.05, 4.69) is 16.9 Å². The smallest absolute Gasteiger partial charge is 0.245 e. The molecule has 31 heavy (non-hydrogen) atoms. The lowest BCUT2D eigenvalue weighted by atomic mass is 10.1. The van der Waals surface area contributed by atoms with Gasteiger partial charge in [0.2, 0.25) is 15.9 Å². The highest BCUT2D eigenvalue weighted by molar-refractivity contribution is 7.92. The quantitative estimate of drug-likeness (QED) is 0.451. The van der Waals surface area contributed by atoms with Gasteiger partial charge in [0.25, 0.3) is 0 Å². The summed E-state index contributed by atoms with van der Waals surface area (Å²) in [6.07, 6.45) is 1.20. The van der Waals surface area contributed by atoms with Crippen LogP contribution in [-0.2, 0) is 24.7 Å². The Morgan fingerprint density at radius 1 is 1.13 bits per heavy atom. The van der Waals surface area contributed by atoms with Crippen molar-refractivity contribution in [2.45, 2.75) is 5.25 Å². The molecule has 8 nitrogen and oxygen atoms in total. The first-order chi connectivity index (χ1) is 14.6. The standard InChI is InChI=1S/C20H21N3O5S3/c1-2-11-30(25,26)18(19(24)22-10-12-31(21,27)28)20-23-16-9-8-15(13-17(16)29-20)14-6-4-3-5-7-14/h2-9,13,18H,1,10-12H2,(H,22,24)(H2,21,27,28). The van der Waals surface area contributed by atoms with Crippen molar-refractivity contribution in [2.24, 2.45) is 5.14 Å². The minimum Gasteiger partial charge on any atom is -0.354 e. The maximum absolute atomic E-state index is 12.8. The SMILES string of the molecule is C=CCS(=O)(=O)C(C(=O)NCCS(N)(=O)=O)c1nc2ccc(-c3ccccc3)cc2s1. The van der Waals surface area contributed by atoms with Crippen molar-refractivity contribution in [1.82, 2.24) is 10.3 Å². The molecule has 0 spiro atoms. The highest BCUT2D eigenvalue weighted by Gasteiger charge is 2.36. The third-order valence-corrected chi connectivity index (χ3v) is 8.23. The number of carbonyl (C=O) groups excluding carboxylic acids is 1. The molecule has 11 heteroatoms. The number of sulfone groups is 1. The average Bonchev–Trinajstić information content (AvgIpc) is 3.09. The Kier molecular flexibility index (Phi) is 6.90. The highest BCUT2D eigenvalue weighted by atomic mass is 32.2. The van der Waals surface area contributed by atoms with E-state index < -0.39 is 42.5 Å². The van der Waals surface area contributed by atoms with Crippen molar-refractivity contribution in [2.75, 3.05) is 18.1 Å². The lowest BCUT2D eigenvalue weighted by Crippen LogP contribution is -2.38. The summed E-state index contributed by atoms with van der Waals surface area (Å²) in [5.41, 5.74) is 2.50. The average molecular weight is 480 g/mol. The second-order valence-electron chi connectivity index (χ2n) is 6.76. The third kappa shape index (κ3) is 5.76. The molecule has 0 bridgehead atoms. The molecule has 0 aliphatic rings. The van der Waals surface area contributed by atoms with Gasteiger partial charge in [-0.15, -0.1) is 17.9 Å². The molecule has 3 N–H and O–H groups in total. The molecule has 3 rings (SSSR count). The maximum Gasteiger partial charge on any atom is 0.245 e. The number of rotatable bonds is 9. The lowest BCUT2D eigenvalue weighted by molar-refractivity contribution is -0.120. The van der Waals surface area contributed by atoms with Gasteiger partial charge in [0.1, 0.15) is 5.01 Å². The number of hydrogen-bond donors (Lipinski definition) is 2. The number of hydrogen-bond acceptors (Lipinski definition) is 7. The molecule has 1 aromatic heterocycles. The van der Waals surface area contributed by atoms with Crippen molar-refractivity contribution in [1.29, 1.82) is 0 Å². The first-order valence-electron chi connectivity index (χ1n) is 9.17. The van der Waals surface area contributed by atoms with Crippen LogP contribution in [0.2, 0.25) is 0 Å². The molecule has 3 aromatic rings. The number of benzene rings is 2. The van der Waals surface area contributed by atoms with Gasteiger partial charge in [-0.3, -0.25) is 4.79 Å². The predicted molar refractivity (Wildman–Crippen MR) is 123 cm³/mol. The molecule has 1 unspecified atom stereocenters. The zero-order valence-corrected chi connectivity index (χ0v) is 18.8. The van der Waals surface area contributed by atoms with Gasteiger partial charge in [-0.25, -0.2) is 27.0 Å². The third-order valence-electron chi connectivity index (χ3n) is 4.37. The molecule has 0 saturated carbocycles. The van der Waals surface area contributed by atoms with Crippen LogP contribution in [0, 0.1) is 0 Å². The Labute approximate surface area is 184 Å². The zero-order chi connectivity index (χ0) is 22.6. The van der Waals surface area contributed by atoms with Crippen LogP contribution in [0.5, 0.6) is 0 Å². The number of nitrogens with two attached hydrogens (primary N) is 1. The van der Waals surface area contributed by atoms with Crippen LogP contribution in [0.25, 0.3) is 21.3 Å². The van der Waals surface area contributed by atoms with E-state index in [1.165, 1.54) is 6.08 Å². The number of thiazole rings is 1. The molecule has 1 amide bonds. The summed E-state index contributed by atoms with van der Waals surface area (Å²) in [6, 6.07) is 15.2. The first-order valence-corrected chi connectivity index (χ1v) is 13.4. The molecular weight excluding hydrogens is 458 g/mol. The van der Waals surface area contributed by atoms with Gasteiger partial charge in [-0.2, -0.15) is 0 Å². The molecule has 0 aliphatic carbocycles. The van der Waals surface area contributed by atoms with Crippen molar-refractivity contribution in [3.8, 4) is 11.1 Å². The summed E-state index contributed by atoms with van der Waals surface area (Å²) in [5, 5.41) is 5.80. The zero-order valence-electron chi connectivity index (χ0n) is 16.4. The first kappa shape index (κ1) is 23.1. The minimum atomic E-state index is -3.96. The van der Waals surface area contributed by atoms with E-state index in [9.17, 15) is 21.6 Å². The second-order valence-corrected chi connectivity index (χ2v) is 11.7. The number of primary sulfonamides is 1. The monoisotopic (exact) mass is 479 g/mol. The maximum atomic E-state index is 12.8. The van der Waals surface area contributed by atoms with Gasteiger partial charge < -0.3 is 5.32 Å². The molecule has 2 aromatic carbocycles. The number of fused-ring (bicyclic) bond motifs is 1. The molecule has 0 aliphatic heterocycles. The Morgan fingerprint density at radius 2 is 1.84 bits per heavy atom. The van der Waals surface area contributed by atoms with E-state index >= 15 is 0 Å². The fourth-order valence-corrected chi connectivity index (χ4v) is 6.21. The van der Waals surface area contributed by atoms with Crippen LogP contribution >= 0.6 is 11.3 Å². The van der Waals surface area contributed by atoms with Gasteiger partial charge in [-0.05, 0) is 23.3 Å². The number of amides is 1. The number of sulfonamides is 1. The fraction of sp³-hybridized carbons (Fsp3) is 0.200. The number of nitrogens with zero attached hydrogens (tertiary/aromatic N) is 1. The van der Waals surface area contributed by atoms with Crippen LogP contribution in [-0.4, -0.2) is 45.8 Å². The topological polar surface area (TPSA) is 136 Å². The molecule has 0 radical (unpaired) electrons. The highest BCUT2D eigenvalue weighted by Crippen LogP contribution is 2.34. The Bertz CT molecular complexity index is 1320. The van der Waals surface area contributed by atoms with E-state index in [0.29, 0.717) is 5.52 Å². The predicted octanol–water partition coefficient (Wildman–Crippen LogP) is 2.01. The van der Waals surface area contributed by atoms with Crippen LogP contribution in [0.4, 0.5) is 0 Å². The van der Waals surface area contributed by atoms with E-state index in [0.717, 1.165) is 27.2 Å². The summed E-state index contributed by atoms with van der Waals surface area (Å²) in [5.74, 6) is -1.79. The van der Waals surface area contributed by atoms with Crippen LogP contribution in [0.1, 0.15) is 10.3 Å². The van der Waals surface area contributed by atoms with E-state index in [-0.39, 0.29) is 11.6 Å². The molecule has 164 valence electrons. The van der Waals surface area contributed by atoms with Crippen molar-refractivity contribution < 1.29 is 21.6 Å². The number of aromatic nitrogens is 1. The Morgan fingerprint density at radius 3 is 2.48 bits per heavy atom. The van der Waals surface area contributed by atoms with E-state index in [1.54, 1.807) is 6.07 Å². The molecular formula is C20H21N3O5S3. The van der Waals surface area contributed by atoms with Crippen molar-refractivity contribution in [3.05, 3.63) is 66.2 Å². The fourth-order valence-electron chi connectivity index (χ4n) is 2.96. The Hall–Kier alpha value is -2.60. The Balaban J connectivity index is 1.98. The lowest BCUT2D eigenvalue weighted by Gasteiger charge is -2.14. The minimum absolute atomic E-state index is 0.107. The van der Waals surface area contributed by atoms with Crippen molar-refractivity contribution >= 4 is 47.3 Å². The molecule has 0 fully saturated rings. The van der Waals surface area contributed by atoms with Crippen molar-refractivity contribution in [3.63, 3.8) is 0 Å². The molecule has 1 heterocycles. The summed E-state index contributed by atoms with van der Waals surface area (Å²) >= 11 is 1.11. The summed E-state index contributed by atoms with van der Waals surface area (Å²) in [6.45, 7) is 3.14. The molecule has 1 atom stereocenters. The van der Waals surface area contributed by atoms with Gasteiger partial charge >= 0.3 is 0 Å². The van der Waals surface area contributed by atoms with Crippen LogP contribution < -0.4 is 10.5 Å². The summed E-state index contributed by atoms with van der Waals surface area (Å²) in [7, 11) is -7.76. The van der Waals surface area contributed by atoms with Gasteiger partial charge in [0.05, 0.1) is 21.7 Å². The van der Waals surface area contributed by atoms with Gasteiger partial charge in [0, 0.05) is 6.54 Å². The van der Waals surface area contributed by atoms with Gasteiger partial charge in [-0.1, -0.05) is 42.5 Å². The second kappa shape index (κ2) is 9.27. The van der Waals surface area contributed by atoms with Crippen LogP contribution in [0.15, 0.2) is 61.2 Å². The van der Waals surface area contributed by atoms with Gasteiger partial charge in [0.15, 0.2) is 15.1 Å². The summed E-state index contributed by atoms with van der Waals surface area (Å²) < 4.78 is 48.5. The normalized spacial score (nSPS) is 13.1. The van der Waals surface area contributed by atoms with E-state index in [4.69, 9.17) is 5.14 Å². The molecule has 0 saturated heterocycles. The number of carbonyl (C=O) groups is 1.